The Hall–Kier alpha value is -3.26. The number of benzene rings is 2. The van der Waals surface area contributed by atoms with E-state index in [0.717, 1.165) is 0 Å². The first kappa shape index (κ1) is 19.5. The highest BCUT2D eigenvalue weighted by atomic mass is 35.5. The molecule has 0 bridgehead atoms. The number of amides is 1. The van der Waals surface area contributed by atoms with Gasteiger partial charge in [-0.25, -0.2) is 4.79 Å². The van der Waals surface area contributed by atoms with E-state index in [4.69, 9.17) is 25.5 Å². The molecule has 1 amide bonds. The van der Waals surface area contributed by atoms with Gasteiger partial charge in [-0.2, -0.15) is 0 Å². The van der Waals surface area contributed by atoms with Crippen LogP contribution in [0.15, 0.2) is 51.7 Å². The molecule has 0 radical (unpaired) electrons. The van der Waals surface area contributed by atoms with Gasteiger partial charge in [-0.05, 0) is 30.3 Å². The maximum absolute atomic E-state index is 11.9. The number of nitrogens with one attached hydrogen (secondary N) is 1. The normalized spacial score (nSPS) is 10.6. The van der Waals surface area contributed by atoms with Gasteiger partial charge >= 0.3 is 11.7 Å². The Morgan fingerprint density at radius 1 is 1.21 bits per heavy atom. The van der Waals surface area contributed by atoms with Crippen molar-refractivity contribution in [3.8, 4) is 5.75 Å². The quantitative estimate of drug-likeness (QED) is 0.608. The number of aryl methyl sites for hydroxylation is 1. The molecular weight excluding hydrogens is 388 g/mol. The smallest absolute Gasteiger partial charge is 0.419 e. The number of ether oxygens (including phenoxy) is 2. The lowest BCUT2D eigenvalue weighted by molar-refractivity contribution is -0.147. The van der Waals surface area contributed by atoms with Crippen molar-refractivity contribution < 1.29 is 23.5 Å². The Kier molecular flexibility index (Phi) is 6.00. The van der Waals surface area contributed by atoms with E-state index in [1.54, 1.807) is 36.4 Å². The Labute approximate surface area is 164 Å². The fraction of sp³-hybridized carbons (Fsp3) is 0.211. The van der Waals surface area contributed by atoms with Crippen molar-refractivity contribution >= 4 is 40.3 Å². The van der Waals surface area contributed by atoms with Gasteiger partial charge in [-0.1, -0.05) is 23.7 Å². The fourth-order valence-electron chi connectivity index (χ4n) is 2.59. The number of anilines is 1. The molecule has 0 saturated carbocycles. The Balaban J connectivity index is 1.50. The zero-order valence-electron chi connectivity index (χ0n) is 14.9. The highest BCUT2D eigenvalue weighted by molar-refractivity contribution is 6.32. The van der Waals surface area contributed by atoms with E-state index in [2.05, 4.69) is 5.32 Å². The van der Waals surface area contributed by atoms with Crippen molar-refractivity contribution in [3.63, 3.8) is 0 Å². The van der Waals surface area contributed by atoms with E-state index in [-0.39, 0.29) is 13.0 Å². The van der Waals surface area contributed by atoms with Gasteiger partial charge in [-0.3, -0.25) is 14.2 Å². The zero-order chi connectivity index (χ0) is 20.1. The number of para-hydroxylation sites is 2. The summed E-state index contributed by atoms with van der Waals surface area (Å²) in [5.41, 5.74) is 1.48. The minimum absolute atomic E-state index is 0.0783. The SMILES string of the molecule is COc1ccc(NC(=O)COC(=O)CCn2c(=O)oc3ccccc32)cc1Cl. The third kappa shape index (κ3) is 4.52. The maximum atomic E-state index is 11.9. The standard InChI is InChI=1S/C19H17ClN2O6/c1-26-15-7-6-12(10-13(15)20)21-17(23)11-27-18(24)8-9-22-14-4-2-3-5-16(14)28-19(22)25/h2-7,10H,8-9,11H2,1H3,(H,21,23). The number of oxazole rings is 1. The second-order valence-corrected chi connectivity index (χ2v) is 6.20. The van der Waals surface area contributed by atoms with Crippen LogP contribution < -0.4 is 15.8 Å². The van der Waals surface area contributed by atoms with Crippen LogP contribution in [0, 0.1) is 0 Å². The molecule has 2 aromatic carbocycles. The molecular formula is C19H17ClN2O6. The highest BCUT2D eigenvalue weighted by Crippen LogP contribution is 2.27. The molecule has 3 aromatic rings. The average Bonchev–Trinajstić information content (AvgIpc) is 3.00. The van der Waals surface area contributed by atoms with Crippen LogP contribution in [0.2, 0.25) is 5.02 Å². The van der Waals surface area contributed by atoms with E-state index in [0.29, 0.717) is 27.6 Å². The molecule has 0 aliphatic heterocycles. The Bertz CT molecular complexity index is 1070. The molecule has 0 aliphatic rings. The summed E-state index contributed by atoms with van der Waals surface area (Å²) in [6.07, 6.45) is -0.0783. The first-order chi connectivity index (χ1) is 13.5. The summed E-state index contributed by atoms with van der Waals surface area (Å²) in [5.74, 6) is -1.20. The lowest BCUT2D eigenvalue weighted by atomic mass is 10.3. The van der Waals surface area contributed by atoms with Crippen molar-refractivity contribution in [2.75, 3.05) is 19.0 Å². The Morgan fingerprint density at radius 3 is 2.75 bits per heavy atom. The zero-order valence-corrected chi connectivity index (χ0v) is 15.7. The number of fused-ring (bicyclic) bond motifs is 1. The average molecular weight is 405 g/mol. The predicted octanol–water partition coefficient (Wildman–Crippen LogP) is 2.83. The molecule has 9 heteroatoms. The van der Waals surface area contributed by atoms with Gasteiger partial charge in [-0.15, -0.1) is 0 Å². The van der Waals surface area contributed by atoms with Crippen molar-refractivity contribution in [2.45, 2.75) is 13.0 Å². The summed E-state index contributed by atoms with van der Waals surface area (Å²) in [6, 6.07) is 11.6. The molecule has 0 aliphatic carbocycles. The molecule has 0 fully saturated rings. The van der Waals surface area contributed by atoms with Gasteiger partial charge in [0.25, 0.3) is 5.91 Å². The molecule has 3 rings (SSSR count). The number of esters is 1. The fourth-order valence-corrected chi connectivity index (χ4v) is 2.85. The lowest BCUT2D eigenvalue weighted by Crippen LogP contribution is -2.22. The number of halogens is 1. The predicted molar refractivity (Wildman–Crippen MR) is 103 cm³/mol. The molecule has 0 unspecified atom stereocenters. The van der Waals surface area contributed by atoms with Crippen LogP contribution >= 0.6 is 11.6 Å². The third-order valence-electron chi connectivity index (χ3n) is 3.91. The van der Waals surface area contributed by atoms with Crippen molar-refractivity contribution in [1.29, 1.82) is 0 Å². The van der Waals surface area contributed by atoms with E-state index < -0.39 is 24.2 Å². The van der Waals surface area contributed by atoms with Crippen LogP contribution in [0.3, 0.4) is 0 Å². The van der Waals surface area contributed by atoms with Gasteiger partial charge in [0.15, 0.2) is 12.2 Å². The third-order valence-corrected chi connectivity index (χ3v) is 4.21. The molecule has 8 nitrogen and oxygen atoms in total. The molecule has 1 heterocycles. The summed E-state index contributed by atoms with van der Waals surface area (Å²) >= 11 is 5.99. The van der Waals surface area contributed by atoms with Gasteiger partial charge in [0.2, 0.25) is 0 Å². The second-order valence-electron chi connectivity index (χ2n) is 5.80. The number of nitrogens with zero attached hydrogens (tertiary/aromatic N) is 1. The van der Waals surface area contributed by atoms with Gasteiger partial charge in [0, 0.05) is 12.2 Å². The molecule has 0 saturated heterocycles. The first-order valence-corrected chi connectivity index (χ1v) is 8.73. The van der Waals surface area contributed by atoms with Crippen LogP contribution in [-0.4, -0.2) is 30.2 Å². The molecule has 0 atom stereocenters. The topological polar surface area (TPSA) is 99.8 Å². The van der Waals surface area contributed by atoms with Crippen LogP contribution in [0.5, 0.6) is 5.75 Å². The number of aromatic nitrogens is 1. The number of rotatable bonds is 7. The van der Waals surface area contributed by atoms with Crippen LogP contribution in [0.4, 0.5) is 5.69 Å². The largest absolute Gasteiger partial charge is 0.495 e. The first-order valence-electron chi connectivity index (χ1n) is 8.35. The molecule has 0 spiro atoms. The molecule has 1 N–H and O–H groups in total. The molecule has 146 valence electrons. The number of methoxy groups -OCH3 is 1. The van der Waals surface area contributed by atoms with E-state index >= 15 is 0 Å². The van der Waals surface area contributed by atoms with Crippen LogP contribution in [-0.2, 0) is 20.9 Å². The second kappa shape index (κ2) is 8.62. The van der Waals surface area contributed by atoms with Crippen LogP contribution in [0.25, 0.3) is 11.1 Å². The summed E-state index contributed by atoms with van der Waals surface area (Å²) in [7, 11) is 1.49. The summed E-state index contributed by atoms with van der Waals surface area (Å²) in [6.45, 7) is -0.367. The van der Waals surface area contributed by atoms with Gasteiger partial charge < -0.3 is 19.2 Å². The van der Waals surface area contributed by atoms with Crippen LogP contribution in [0.1, 0.15) is 6.42 Å². The monoisotopic (exact) mass is 404 g/mol. The summed E-state index contributed by atoms with van der Waals surface area (Å²) < 4.78 is 16.4. The molecule has 28 heavy (non-hydrogen) atoms. The minimum atomic E-state index is -0.611. The van der Waals surface area contributed by atoms with Gasteiger partial charge in [0.1, 0.15) is 5.75 Å². The van der Waals surface area contributed by atoms with Crippen molar-refractivity contribution in [2.24, 2.45) is 0 Å². The maximum Gasteiger partial charge on any atom is 0.419 e. The number of carbonyl (C=O) groups is 2. The minimum Gasteiger partial charge on any atom is -0.495 e. The van der Waals surface area contributed by atoms with Gasteiger partial charge in [0.05, 0.1) is 24.1 Å². The van der Waals surface area contributed by atoms with E-state index in [9.17, 15) is 14.4 Å². The number of hydrogen-bond donors (Lipinski definition) is 1. The Morgan fingerprint density at radius 2 is 2.00 bits per heavy atom. The number of hydrogen-bond acceptors (Lipinski definition) is 6. The van der Waals surface area contributed by atoms with E-state index in [1.807, 2.05) is 0 Å². The van der Waals surface area contributed by atoms with Crippen molar-refractivity contribution in [1.82, 2.24) is 4.57 Å². The summed E-state index contributed by atoms with van der Waals surface area (Å²) in [4.78, 5) is 35.7. The lowest BCUT2D eigenvalue weighted by Gasteiger charge is -2.09. The highest BCUT2D eigenvalue weighted by Gasteiger charge is 2.13. The van der Waals surface area contributed by atoms with E-state index in [1.165, 1.54) is 17.7 Å². The number of carbonyl (C=O) groups excluding carboxylic acids is 2. The summed E-state index contributed by atoms with van der Waals surface area (Å²) in [5, 5.41) is 2.91. The molecule has 1 aromatic heterocycles. The van der Waals surface area contributed by atoms with Crippen molar-refractivity contribution in [3.05, 3.63) is 58.0 Å².